The van der Waals surface area contributed by atoms with Crippen molar-refractivity contribution in [1.82, 2.24) is 14.7 Å². The Morgan fingerprint density at radius 3 is 2.04 bits per heavy atom. The van der Waals surface area contributed by atoms with E-state index in [0.29, 0.717) is 12.8 Å². The maximum Gasteiger partial charge on any atom is 0.226 e. The number of likely N-dealkylation sites (N-methyl/N-ethyl adjacent to an activating group) is 2. The lowest BCUT2D eigenvalue weighted by Crippen LogP contribution is -2.54. The topological polar surface area (TPSA) is 117 Å². The van der Waals surface area contributed by atoms with E-state index in [1.807, 2.05) is 78.7 Å². The second-order valence-corrected chi connectivity index (χ2v) is 15.8. The third-order valence-corrected chi connectivity index (χ3v) is 11.2. The summed E-state index contributed by atoms with van der Waals surface area (Å²) in [6.45, 7) is 14.1. The molecule has 1 aliphatic heterocycles. The van der Waals surface area contributed by atoms with Gasteiger partial charge in [0, 0.05) is 52.5 Å². The molecule has 1 aromatic rings. The minimum absolute atomic E-state index is 0.00869. The highest BCUT2D eigenvalue weighted by Crippen LogP contribution is 2.31. The van der Waals surface area contributed by atoms with Crippen LogP contribution in [0.5, 0.6) is 0 Å². The number of nitrogens with zero attached hydrogens (tertiary/aromatic N) is 3. The lowest BCUT2D eigenvalue weighted by molar-refractivity contribution is -0.149. The Bertz CT molecular complexity index is 1230. The Kier molecular flexibility index (Phi) is 18.4. The molecule has 0 saturated carbocycles. The van der Waals surface area contributed by atoms with E-state index in [9.17, 15) is 24.3 Å². The number of amides is 2. The molecule has 10 heteroatoms. The van der Waals surface area contributed by atoms with Gasteiger partial charge in [-0.2, -0.15) is 0 Å². The van der Waals surface area contributed by atoms with Gasteiger partial charge in [-0.05, 0) is 56.7 Å². The van der Waals surface area contributed by atoms with Crippen molar-refractivity contribution in [2.75, 3.05) is 41.9 Å². The molecule has 2 rings (SSSR count). The van der Waals surface area contributed by atoms with Gasteiger partial charge in [0.05, 0.1) is 42.9 Å². The summed E-state index contributed by atoms with van der Waals surface area (Å²) in [4.78, 5) is 60.5. The van der Waals surface area contributed by atoms with Crippen molar-refractivity contribution < 1.29 is 33.8 Å². The van der Waals surface area contributed by atoms with Gasteiger partial charge in [0.2, 0.25) is 11.8 Å². The number of Topliss-reactive ketones (excluding diaryl/α,β-unsaturated/α-hetero) is 2. The highest BCUT2D eigenvalue weighted by molar-refractivity contribution is 5.90. The Labute approximate surface area is 308 Å². The number of carbonyl (C=O) groups excluding carboxylic acids is 4. The monoisotopic (exact) mass is 716 g/mol. The molecule has 1 unspecified atom stereocenters. The number of ketones is 2. The summed E-state index contributed by atoms with van der Waals surface area (Å²) in [5, 5.41) is 10.8. The Morgan fingerprint density at radius 2 is 1.53 bits per heavy atom. The van der Waals surface area contributed by atoms with Crippen LogP contribution in [-0.4, -0.2) is 122 Å². The Hall–Kier alpha value is -2.66. The first-order valence-electron chi connectivity index (χ1n) is 19.1. The van der Waals surface area contributed by atoms with Crippen molar-refractivity contribution in [3.8, 4) is 0 Å². The fourth-order valence-electron chi connectivity index (χ4n) is 8.14. The predicted octanol–water partition coefficient (Wildman–Crippen LogP) is 5.29. The number of hydrogen-bond acceptors (Lipinski definition) is 8. The Balaban J connectivity index is 2.25. The molecule has 290 valence electrons. The normalized spacial score (nSPS) is 20.6. The zero-order chi connectivity index (χ0) is 38.6. The fourth-order valence-corrected chi connectivity index (χ4v) is 8.14. The van der Waals surface area contributed by atoms with Gasteiger partial charge < -0.3 is 24.4 Å². The van der Waals surface area contributed by atoms with E-state index in [1.165, 1.54) is 5.56 Å². The standard InChI is InChI=1S/C41H69N3O7/c1-13-28(6)39(43(10)41(49)32(26(2)3)23-35(47)38(27(4)5)42(8)9)36(50-11)24-37(48)44-25-31(45)22-33(44)40(51-12)29(7)34(46)21-17-20-30-18-15-14-16-19-30/h14-16,18-19,26-29,31-33,36,38-40,45H,13,17,20-25H2,1-12H3/t28-,29-,31+,32-,33?,36+,38-,39-,40+/m0/s1. The van der Waals surface area contributed by atoms with Crippen molar-refractivity contribution in [1.29, 1.82) is 0 Å². The molecule has 0 aliphatic carbocycles. The summed E-state index contributed by atoms with van der Waals surface area (Å²) in [5.41, 5.74) is 1.19. The van der Waals surface area contributed by atoms with Crippen LogP contribution in [0.25, 0.3) is 0 Å². The van der Waals surface area contributed by atoms with Gasteiger partial charge in [-0.3, -0.25) is 24.1 Å². The second kappa shape index (κ2) is 21.1. The molecular formula is C41H69N3O7. The smallest absolute Gasteiger partial charge is 0.226 e. The van der Waals surface area contributed by atoms with Gasteiger partial charge in [0.1, 0.15) is 5.78 Å². The van der Waals surface area contributed by atoms with E-state index in [0.717, 1.165) is 19.3 Å². The highest BCUT2D eigenvalue weighted by Gasteiger charge is 2.45. The van der Waals surface area contributed by atoms with Crippen LogP contribution in [-0.2, 0) is 35.1 Å². The van der Waals surface area contributed by atoms with Crippen molar-refractivity contribution in [2.24, 2.45) is 29.6 Å². The number of aliphatic hydroxyl groups excluding tert-OH is 1. The summed E-state index contributed by atoms with van der Waals surface area (Å²) in [6.07, 6.45) is 1.16. The average Bonchev–Trinajstić information content (AvgIpc) is 3.47. The molecule has 1 aromatic carbocycles. The zero-order valence-electron chi connectivity index (χ0n) is 33.6. The van der Waals surface area contributed by atoms with Crippen LogP contribution < -0.4 is 0 Å². The molecule has 1 aliphatic rings. The third kappa shape index (κ3) is 12.2. The first kappa shape index (κ1) is 44.5. The van der Waals surface area contributed by atoms with Gasteiger partial charge in [-0.25, -0.2) is 0 Å². The van der Waals surface area contributed by atoms with E-state index in [-0.39, 0.29) is 66.6 Å². The van der Waals surface area contributed by atoms with Crippen LogP contribution >= 0.6 is 0 Å². The molecule has 1 N–H and O–H groups in total. The molecule has 9 atom stereocenters. The van der Waals surface area contributed by atoms with E-state index in [2.05, 4.69) is 19.1 Å². The van der Waals surface area contributed by atoms with Gasteiger partial charge in [-0.15, -0.1) is 0 Å². The van der Waals surface area contributed by atoms with Crippen LogP contribution in [0, 0.1) is 29.6 Å². The van der Waals surface area contributed by atoms with Crippen LogP contribution in [0.4, 0.5) is 0 Å². The van der Waals surface area contributed by atoms with Gasteiger partial charge in [-0.1, -0.05) is 85.2 Å². The maximum absolute atomic E-state index is 14.3. The van der Waals surface area contributed by atoms with E-state index in [4.69, 9.17) is 9.47 Å². The fraction of sp³-hybridized carbons (Fsp3) is 0.756. The lowest BCUT2D eigenvalue weighted by atomic mass is 9.83. The van der Waals surface area contributed by atoms with Crippen LogP contribution in [0.2, 0.25) is 0 Å². The molecule has 0 bridgehead atoms. The largest absolute Gasteiger partial charge is 0.391 e. The molecule has 0 spiro atoms. The minimum atomic E-state index is -0.742. The Morgan fingerprint density at radius 1 is 0.902 bits per heavy atom. The predicted molar refractivity (Wildman–Crippen MR) is 202 cm³/mol. The number of carbonyl (C=O) groups is 4. The number of benzene rings is 1. The van der Waals surface area contributed by atoms with Gasteiger partial charge >= 0.3 is 0 Å². The van der Waals surface area contributed by atoms with Gasteiger partial charge in [0.25, 0.3) is 0 Å². The molecular weight excluding hydrogens is 646 g/mol. The molecule has 10 nitrogen and oxygen atoms in total. The number of aryl methyl sites for hydroxylation is 1. The molecule has 2 amide bonds. The number of ether oxygens (including phenoxy) is 2. The van der Waals surface area contributed by atoms with Crippen molar-refractivity contribution in [2.45, 2.75) is 130 Å². The van der Waals surface area contributed by atoms with E-state index >= 15 is 0 Å². The van der Waals surface area contributed by atoms with Crippen LogP contribution in [0.15, 0.2) is 30.3 Å². The summed E-state index contributed by atoms with van der Waals surface area (Å²) in [6, 6.07) is 8.87. The molecule has 1 saturated heterocycles. The van der Waals surface area contributed by atoms with E-state index < -0.39 is 42.2 Å². The number of β-amino-alcohol motifs (C(OH)–C–C–N with tert-alkyl or cyclic N) is 1. The summed E-state index contributed by atoms with van der Waals surface area (Å²) in [7, 11) is 8.66. The quantitative estimate of drug-likeness (QED) is 0.172. The first-order chi connectivity index (χ1) is 24.0. The number of likely N-dealkylation sites (tertiary alicyclic amines) is 1. The second-order valence-electron chi connectivity index (χ2n) is 15.8. The third-order valence-electron chi connectivity index (χ3n) is 11.2. The zero-order valence-corrected chi connectivity index (χ0v) is 33.6. The first-order valence-corrected chi connectivity index (χ1v) is 19.1. The molecule has 51 heavy (non-hydrogen) atoms. The summed E-state index contributed by atoms with van der Waals surface area (Å²) in [5.74, 6) is -1.19. The van der Waals surface area contributed by atoms with Crippen molar-refractivity contribution in [3.63, 3.8) is 0 Å². The summed E-state index contributed by atoms with van der Waals surface area (Å²) >= 11 is 0. The molecule has 1 heterocycles. The van der Waals surface area contributed by atoms with Gasteiger partial charge in [0.15, 0.2) is 5.78 Å². The number of methoxy groups -OCH3 is 2. The van der Waals surface area contributed by atoms with Crippen molar-refractivity contribution >= 4 is 23.4 Å². The highest BCUT2D eigenvalue weighted by atomic mass is 16.5. The van der Waals surface area contributed by atoms with Crippen LogP contribution in [0.1, 0.15) is 92.6 Å². The SMILES string of the molecule is CC[C@H](C)[C@@H]([C@@H](CC(=O)N1C[C@H](O)CC1[C@H](OC)[C@@H](C)C(=O)CCCc1ccccc1)OC)N(C)C(=O)[C@@H](CC(=O)[C@H](C(C)C)N(C)C)C(C)C. The number of rotatable bonds is 22. The average molecular weight is 716 g/mol. The molecule has 0 aromatic heterocycles. The number of aliphatic hydroxyl groups is 1. The molecule has 1 fully saturated rings. The molecule has 0 radical (unpaired) electrons. The van der Waals surface area contributed by atoms with E-state index in [1.54, 1.807) is 31.1 Å². The minimum Gasteiger partial charge on any atom is -0.391 e. The van der Waals surface area contributed by atoms with Crippen molar-refractivity contribution in [3.05, 3.63) is 35.9 Å². The maximum atomic E-state index is 14.3. The lowest BCUT2D eigenvalue weighted by Gasteiger charge is -2.41. The summed E-state index contributed by atoms with van der Waals surface area (Å²) < 4.78 is 11.9. The number of hydrogen-bond donors (Lipinski definition) is 1. The van der Waals surface area contributed by atoms with Crippen LogP contribution in [0.3, 0.4) is 0 Å².